The van der Waals surface area contributed by atoms with Crippen LogP contribution >= 0.6 is 0 Å². The van der Waals surface area contributed by atoms with E-state index in [0.717, 1.165) is 24.8 Å². The topological polar surface area (TPSA) is 63.2 Å². The van der Waals surface area contributed by atoms with Crippen LogP contribution < -0.4 is 5.73 Å². The monoisotopic (exact) mass is 250 g/mol. The van der Waals surface area contributed by atoms with Gasteiger partial charge in [0.1, 0.15) is 0 Å². The van der Waals surface area contributed by atoms with E-state index in [1.54, 1.807) is 0 Å². The second-order valence-electron chi connectivity index (χ2n) is 5.29. The Labute approximate surface area is 108 Å². The van der Waals surface area contributed by atoms with Crippen molar-refractivity contribution in [1.29, 1.82) is 0 Å². The Bertz CT molecular complexity index is 378. The highest BCUT2D eigenvalue weighted by atomic mass is 15.4. The summed E-state index contributed by atoms with van der Waals surface area (Å²) in [7, 11) is 0. The Kier molecular flexibility index (Phi) is 3.58. The fourth-order valence-corrected chi connectivity index (χ4v) is 2.58. The predicted octanol–water partition coefficient (Wildman–Crippen LogP) is -0.483. The Morgan fingerprint density at radius 2 is 1.94 bits per heavy atom. The third-order valence-corrected chi connectivity index (χ3v) is 3.91. The molecule has 2 aliphatic rings. The van der Waals surface area contributed by atoms with Gasteiger partial charge in [-0.15, -0.1) is 5.10 Å². The SMILES string of the molecule is NCc1cn(CCN2CCN(C3CC3)CC2)nn1. The molecule has 1 aromatic rings. The molecule has 0 unspecified atom stereocenters. The third kappa shape index (κ3) is 2.88. The fourth-order valence-electron chi connectivity index (χ4n) is 2.58. The standard InChI is InChI=1S/C12H22N6/c13-9-11-10-18(15-14-11)8-5-16-3-6-17(7-4-16)12-1-2-12/h10,12H,1-9,13H2. The summed E-state index contributed by atoms with van der Waals surface area (Å²) < 4.78 is 1.90. The van der Waals surface area contributed by atoms with E-state index in [2.05, 4.69) is 20.1 Å². The van der Waals surface area contributed by atoms with Crippen molar-refractivity contribution in [3.8, 4) is 0 Å². The van der Waals surface area contributed by atoms with Crippen LogP contribution in [0, 0.1) is 0 Å². The van der Waals surface area contributed by atoms with Gasteiger partial charge in [0, 0.05) is 51.5 Å². The highest BCUT2D eigenvalue weighted by Gasteiger charge is 2.30. The van der Waals surface area contributed by atoms with Crippen molar-refractivity contribution in [2.75, 3.05) is 32.7 Å². The summed E-state index contributed by atoms with van der Waals surface area (Å²) in [6.07, 6.45) is 4.78. The first-order chi connectivity index (χ1) is 8.85. The zero-order chi connectivity index (χ0) is 12.4. The molecule has 1 aliphatic carbocycles. The van der Waals surface area contributed by atoms with Gasteiger partial charge in [0.15, 0.2) is 0 Å². The molecule has 0 spiro atoms. The predicted molar refractivity (Wildman–Crippen MR) is 68.9 cm³/mol. The van der Waals surface area contributed by atoms with Crippen molar-refractivity contribution < 1.29 is 0 Å². The summed E-state index contributed by atoms with van der Waals surface area (Å²) in [5.41, 5.74) is 6.39. The third-order valence-electron chi connectivity index (χ3n) is 3.91. The lowest BCUT2D eigenvalue weighted by Gasteiger charge is -2.34. The Morgan fingerprint density at radius 1 is 1.17 bits per heavy atom. The van der Waals surface area contributed by atoms with E-state index in [0.29, 0.717) is 6.54 Å². The lowest BCUT2D eigenvalue weighted by Crippen LogP contribution is -2.47. The zero-order valence-electron chi connectivity index (χ0n) is 10.8. The summed E-state index contributed by atoms with van der Waals surface area (Å²) >= 11 is 0. The molecule has 18 heavy (non-hydrogen) atoms. The second kappa shape index (κ2) is 5.34. The minimum absolute atomic E-state index is 0.472. The van der Waals surface area contributed by atoms with Crippen LogP contribution in [0.5, 0.6) is 0 Å². The van der Waals surface area contributed by atoms with Gasteiger partial charge in [-0.05, 0) is 12.8 Å². The van der Waals surface area contributed by atoms with Crippen molar-refractivity contribution in [3.05, 3.63) is 11.9 Å². The van der Waals surface area contributed by atoms with E-state index in [1.165, 1.54) is 39.0 Å². The van der Waals surface area contributed by atoms with Gasteiger partial charge in [-0.2, -0.15) is 0 Å². The average molecular weight is 250 g/mol. The van der Waals surface area contributed by atoms with Gasteiger partial charge >= 0.3 is 0 Å². The number of hydrogen-bond donors (Lipinski definition) is 1. The van der Waals surface area contributed by atoms with Gasteiger partial charge in [0.05, 0.1) is 12.2 Å². The van der Waals surface area contributed by atoms with E-state index >= 15 is 0 Å². The molecule has 6 nitrogen and oxygen atoms in total. The van der Waals surface area contributed by atoms with Crippen LogP contribution in [0.2, 0.25) is 0 Å². The average Bonchev–Trinajstić information content (AvgIpc) is 3.16. The minimum Gasteiger partial charge on any atom is -0.325 e. The summed E-state index contributed by atoms with van der Waals surface area (Å²) in [6, 6.07) is 0.912. The molecule has 2 heterocycles. The Balaban J connectivity index is 1.41. The molecule has 1 saturated heterocycles. The van der Waals surface area contributed by atoms with Crippen molar-refractivity contribution in [3.63, 3.8) is 0 Å². The molecule has 0 bridgehead atoms. The lowest BCUT2D eigenvalue weighted by molar-refractivity contribution is 0.122. The molecular formula is C12H22N6. The van der Waals surface area contributed by atoms with Crippen LogP contribution in [0.15, 0.2) is 6.20 Å². The molecule has 2 fully saturated rings. The normalized spacial score (nSPS) is 22.5. The first-order valence-electron chi connectivity index (χ1n) is 6.90. The van der Waals surface area contributed by atoms with Crippen LogP contribution in [-0.2, 0) is 13.1 Å². The van der Waals surface area contributed by atoms with Crippen LogP contribution in [-0.4, -0.2) is 63.6 Å². The van der Waals surface area contributed by atoms with Gasteiger partial charge in [0.2, 0.25) is 0 Å². The maximum absolute atomic E-state index is 5.52. The van der Waals surface area contributed by atoms with Crippen LogP contribution in [0.1, 0.15) is 18.5 Å². The highest BCUT2D eigenvalue weighted by molar-refractivity contribution is 4.90. The minimum atomic E-state index is 0.472. The number of nitrogens with zero attached hydrogens (tertiary/aromatic N) is 5. The van der Waals surface area contributed by atoms with E-state index in [4.69, 9.17) is 5.73 Å². The van der Waals surface area contributed by atoms with Crippen LogP contribution in [0.3, 0.4) is 0 Å². The molecule has 1 aromatic heterocycles. The van der Waals surface area contributed by atoms with Gasteiger partial charge < -0.3 is 5.73 Å². The largest absolute Gasteiger partial charge is 0.325 e. The number of hydrogen-bond acceptors (Lipinski definition) is 5. The number of piperazine rings is 1. The summed E-state index contributed by atoms with van der Waals surface area (Å²) in [6.45, 7) is 7.29. The molecule has 6 heteroatoms. The summed E-state index contributed by atoms with van der Waals surface area (Å²) in [5.74, 6) is 0. The molecule has 0 aromatic carbocycles. The Morgan fingerprint density at radius 3 is 2.56 bits per heavy atom. The molecular weight excluding hydrogens is 228 g/mol. The van der Waals surface area contributed by atoms with E-state index in [-0.39, 0.29) is 0 Å². The summed E-state index contributed by atoms with van der Waals surface area (Å²) in [4.78, 5) is 5.15. The summed E-state index contributed by atoms with van der Waals surface area (Å²) in [5, 5.41) is 8.08. The molecule has 1 aliphatic heterocycles. The molecule has 0 radical (unpaired) electrons. The van der Waals surface area contributed by atoms with E-state index in [1.807, 2.05) is 10.9 Å². The van der Waals surface area contributed by atoms with Gasteiger partial charge in [-0.25, -0.2) is 0 Å². The smallest absolute Gasteiger partial charge is 0.0962 e. The number of nitrogens with two attached hydrogens (primary N) is 1. The maximum Gasteiger partial charge on any atom is 0.0962 e. The van der Waals surface area contributed by atoms with Crippen molar-refractivity contribution in [1.82, 2.24) is 24.8 Å². The van der Waals surface area contributed by atoms with Crippen LogP contribution in [0.25, 0.3) is 0 Å². The molecule has 0 amide bonds. The van der Waals surface area contributed by atoms with Crippen molar-refractivity contribution >= 4 is 0 Å². The van der Waals surface area contributed by atoms with Gasteiger partial charge in [-0.3, -0.25) is 14.5 Å². The number of aromatic nitrogens is 3. The quantitative estimate of drug-likeness (QED) is 0.764. The second-order valence-corrected chi connectivity index (χ2v) is 5.29. The first kappa shape index (κ1) is 12.1. The van der Waals surface area contributed by atoms with E-state index in [9.17, 15) is 0 Å². The molecule has 1 saturated carbocycles. The molecule has 3 rings (SSSR count). The fraction of sp³-hybridized carbons (Fsp3) is 0.833. The van der Waals surface area contributed by atoms with Crippen molar-refractivity contribution in [2.24, 2.45) is 5.73 Å². The number of rotatable bonds is 5. The lowest BCUT2D eigenvalue weighted by atomic mass is 10.3. The first-order valence-corrected chi connectivity index (χ1v) is 6.90. The zero-order valence-corrected chi connectivity index (χ0v) is 10.8. The Hall–Kier alpha value is -0.980. The molecule has 2 N–H and O–H groups in total. The molecule has 0 atom stereocenters. The maximum atomic E-state index is 5.52. The molecule has 100 valence electrons. The van der Waals surface area contributed by atoms with Crippen molar-refractivity contribution in [2.45, 2.75) is 32.0 Å². The highest BCUT2D eigenvalue weighted by Crippen LogP contribution is 2.27. The van der Waals surface area contributed by atoms with Gasteiger partial charge in [0.25, 0.3) is 0 Å². The van der Waals surface area contributed by atoms with Gasteiger partial charge in [-0.1, -0.05) is 5.21 Å². The van der Waals surface area contributed by atoms with Crippen LogP contribution in [0.4, 0.5) is 0 Å². The van der Waals surface area contributed by atoms with E-state index < -0.39 is 0 Å².